The predicted octanol–water partition coefficient (Wildman–Crippen LogP) is 2.46. The van der Waals surface area contributed by atoms with Crippen molar-refractivity contribution in [3.63, 3.8) is 0 Å². The average Bonchev–Trinajstić information content (AvgIpc) is 2.35. The number of nitrogens with zero attached hydrogens (tertiary/aromatic N) is 2. The first-order valence-corrected chi connectivity index (χ1v) is 6.38. The molecule has 4 heteroatoms. The Morgan fingerprint density at radius 3 is 2.75 bits per heavy atom. The predicted molar refractivity (Wildman–Crippen MR) is 67.3 cm³/mol. The van der Waals surface area contributed by atoms with Gasteiger partial charge in [-0.3, -0.25) is 10.3 Å². The summed E-state index contributed by atoms with van der Waals surface area (Å²) in [4.78, 5) is 5.11. The third-order valence-corrected chi connectivity index (χ3v) is 3.52. The van der Waals surface area contributed by atoms with E-state index in [4.69, 9.17) is 5.26 Å². The van der Waals surface area contributed by atoms with Gasteiger partial charge in [-0.2, -0.15) is 5.26 Å². The molecule has 0 saturated carbocycles. The maximum absolute atomic E-state index is 9.15. The zero-order chi connectivity index (χ0) is 11.9. The van der Waals surface area contributed by atoms with Crippen LogP contribution in [0.15, 0.2) is 29.4 Å². The monoisotopic (exact) mass is 235 g/mol. The molecule has 16 heavy (non-hydrogen) atoms. The van der Waals surface area contributed by atoms with Gasteiger partial charge in [0.25, 0.3) is 0 Å². The van der Waals surface area contributed by atoms with Crippen molar-refractivity contribution < 1.29 is 0 Å². The van der Waals surface area contributed by atoms with E-state index >= 15 is 0 Å². The van der Waals surface area contributed by atoms with Crippen molar-refractivity contribution in [3.8, 4) is 6.07 Å². The van der Waals surface area contributed by atoms with Crippen molar-refractivity contribution in [1.29, 1.82) is 5.26 Å². The highest BCUT2D eigenvalue weighted by Crippen LogP contribution is 2.21. The summed E-state index contributed by atoms with van der Waals surface area (Å²) >= 11 is 1.68. The summed E-state index contributed by atoms with van der Waals surface area (Å²) in [5, 5.41) is 12.4. The van der Waals surface area contributed by atoms with Crippen molar-refractivity contribution in [2.75, 3.05) is 12.3 Å². The van der Waals surface area contributed by atoms with Gasteiger partial charge in [0.2, 0.25) is 0 Å². The molecular weight excluding hydrogens is 218 g/mol. The van der Waals surface area contributed by atoms with Gasteiger partial charge in [-0.25, -0.2) is 0 Å². The van der Waals surface area contributed by atoms with Gasteiger partial charge in [0, 0.05) is 23.0 Å². The topological polar surface area (TPSA) is 48.7 Å². The van der Waals surface area contributed by atoms with Crippen LogP contribution >= 0.6 is 11.8 Å². The van der Waals surface area contributed by atoms with Crippen LogP contribution in [0.3, 0.4) is 0 Å². The number of rotatable bonds is 6. The molecule has 0 spiro atoms. The van der Waals surface area contributed by atoms with E-state index in [0.717, 1.165) is 23.6 Å². The Morgan fingerprint density at radius 1 is 1.50 bits per heavy atom. The third kappa shape index (κ3) is 4.21. The number of nitrogens with one attached hydrogen (secondary N) is 1. The maximum Gasteiger partial charge on any atom is 0.113 e. The van der Waals surface area contributed by atoms with Crippen molar-refractivity contribution in [2.24, 2.45) is 0 Å². The van der Waals surface area contributed by atoms with Gasteiger partial charge < -0.3 is 0 Å². The Labute approximate surface area is 101 Å². The van der Waals surface area contributed by atoms with Gasteiger partial charge in [0.15, 0.2) is 0 Å². The molecule has 1 unspecified atom stereocenters. The lowest BCUT2D eigenvalue weighted by Gasteiger charge is -2.22. The lowest BCUT2D eigenvalue weighted by Crippen LogP contribution is -2.43. The molecule has 0 fully saturated rings. The minimum Gasteiger partial charge on any atom is -0.299 e. The largest absolute Gasteiger partial charge is 0.299 e. The summed E-state index contributed by atoms with van der Waals surface area (Å²) in [7, 11) is 0. The number of thioether (sulfide) groups is 1. The molecule has 0 bridgehead atoms. The Bertz CT molecular complexity index is 347. The lowest BCUT2D eigenvalue weighted by molar-refractivity contribution is 0.493. The van der Waals surface area contributed by atoms with Crippen molar-refractivity contribution in [2.45, 2.75) is 30.7 Å². The molecular formula is C12H17N3S. The molecule has 1 N–H and O–H groups in total. The molecule has 1 aromatic heterocycles. The second kappa shape index (κ2) is 6.51. The highest BCUT2D eigenvalue weighted by atomic mass is 32.2. The summed E-state index contributed by atoms with van der Waals surface area (Å²) in [6.45, 7) is 4.92. The Hall–Kier alpha value is -1.05. The molecule has 0 radical (unpaired) electrons. The highest BCUT2D eigenvalue weighted by molar-refractivity contribution is 7.99. The Morgan fingerprint density at radius 2 is 2.19 bits per heavy atom. The molecule has 1 rings (SSSR count). The van der Waals surface area contributed by atoms with Crippen molar-refractivity contribution >= 4 is 11.8 Å². The number of hydrogen-bond acceptors (Lipinski definition) is 4. The molecule has 1 heterocycles. The summed E-state index contributed by atoms with van der Waals surface area (Å²) < 4.78 is 0. The summed E-state index contributed by atoms with van der Waals surface area (Å²) in [6, 6.07) is 6.26. The zero-order valence-electron chi connectivity index (χ0n) is 9.73. The molecule has 0 saturated heterocycles. The highest BCUT2D eigenvalue weighted by Gasteiger charge is 2.22. The molecule has 3 nitrogen and oxygen atoms in total. The van der Waals surface area contributed by atoms with Crippen LogP contribution in [-0.4, -0.2) is 22.8 Å². The van der Waals surface area contributed by atoms with E-state index in [1.165, 1.54) is 0 Å². The molecule has 1 atom stereocenters. The number of hydrogen-bond donors (Lipinski definition) is 1. The second-order valence-electron chi connectivity index (χ2n) is 3.84. The van der Waals surface area contributed by atoms with Gasteiger partial charge >= 0.3 is 0 Å². The first kappa shape index (κ1) is 13.0. The average molecular weight is 235 g/mol. The maximum atomic E-state index is 9.15. The lowest BCUT2D eigenvalue weighted by atomic mass is 10.1. The number of nitriles is 1. The smallest absolute Gasteiger partial charge is 0.113 e. The van der Waals surface area contributed by atoms with Crippen LogP contribution < -0.4 is 5.32 Å². The quantitative estimate of drug-likeness (QED) is 0.769. The molecule has 0 amide bonds. The molecule has 0 aliphatic carbocycles. The second-order valence-corrected chi connectivity index (χ2v) is 4.89. The minimum absolute atomic E-state index is 0.454. The first-order chi connectivity index (χ1) is 7.70. The zero-order valence-corrected chi connectivity index (χ0v) is 10.5. The van der Waals surface area contributed by atoms with Gasteiger partial charge in [-0.1, -0.05) is 6.92 Å². The minimum atomic E-state index is -0.454. The fraction of sp³-hybridized carbons (Fsp3) is 0.500. The molecule has 86 valence electrons. The van der Waals surface area contributed by atoms with E-state index in [9.17, 15) is 0 Å². The van der Waals surface area contributed by atoms with E-state index < -0.39 is 5.54 Å². The van der Waals surface area contributed by atoms with Gasteiger partial charge in [-0.15, -0.1) is 11.8 Å². The van der Waals surface area contributed by atoms with Gasteiger partial charge in [0.1, 0.15) is 5.54 Å². The van der Waals surface area contributed by atoms with Crippen LogP contribution in [-0.2, 0) is 0 Å². The number of pyridine rings is 1. The normalized spacial score (nSPS) is 14.1. The van der Waals surface area contributed by atoms with E-state index in [1.807, 2.05) is 19.1 Å². The fourth-order valence-corrected chi connectivity index (χ4v) is 2.12. The Balaban J connectivity index is 2.49. The van der Waals surface area contributed by atoms with Gasteiger partial charge in [0.05, 0.1) is 6.07 Å². The third-order valence-electron chi connectivity index (χ3n) is 2.19. The van der Waals surface area contributed by atoms with Crippen LogP contribution in [0.2, 0.25) is 0 Å². The van der Waals surface area contributed by atoms with E-state index in [0.29, 0.717) is 0 Å². The van der Waals surface area contributed by atoms with Crippen molar-refractivity contribution in [1.82, 2.24) is 10.3 Å². The molecule has 0 aliphatic rings. The van der Waals surface area contributed by atoms with Crippen molar-refractivity contribution in [3.05, 3.63) is 24.5 Å². The van der Waals surface area contributed by atoms with E-state index in [2.05, 4.69) is 23.3 Å². The van der Waals surface area contributed by atoms with Crippen LogP contribution in [0.25, 0.3) is 0 Å². The molecule has 0 aliphatic heterocycles. The SMILES string of the molecule is CCCNC(C)(C#N)CSc1ccncc1. The molecule has 0 aromatic carbocycles. The van der Waals surface area contributed by atoms with Crippen LogP contribution in [0.4, 0.5) is 0 Å². The number of aromatic nitrogens is 1. The molecule has 1 aromatic rings. The van der Waals surface area contributed by atoms with Crippen LogP contribution in [0, 0.1) is 11.3 Å². The van der Waals surface area contributed by atoms with Crippen LogP contribution in [0.1, 0.15) is 20.3 Å². The van der Waals surface area contributed by atoms with E-state index in [1.54, 1.807) is 24.2 Å². The van der Waals surface area contributed by atoms with E-state index in [-0.39, 0.29) is 0 Å². The summed E-state index contributed by atoms with van der Waals surface area (Å²) in [5.41, 5.74) is -0.454. The van der Waals surface area contributed by atoms with Gasteiger partial charge in [-0.05, 0) is 32.0 Å². The van der Waals surface area contributed by atoms with Crippen LogP contribution in [0.5, 0.6) is 0 Å². The standard InChI is InChI=1S/C12H17N3S/c1-3-6-15-12(2,9-13)10-16-11-4-7-14-8-5-11/h4-5,7-8,15H,3,6,10H2,1-2H3. The Kier molecular flexibility index (Phi) is 5.30. The summed E-state index contributed by atoms with van der Waals surface area (Å²) in [6.07, 6.45) is 4.58. The first-order valence-electron chi connectivity index (χ1n) is 5.39. The summed E-state index contributed by atoms with van der Waals surface area (Å²) in [5.74, 6) is 0.744. The fourth-order valence-electron chi connectivity index (χ4n) is 1.19.